The maximum atomic E-state index is 12.2. The van der Waals surface area contributed by atoms with Crippen LogP contribution in [-0.4, -0.2) is 24.9 Å². The minimum absolute atomic E-state index is 0.0283. The second-order valence-electron chi connectivity index (χ2n) is 4.73. The van der Waals surface area contributed by atoms with Gasteiger partial charge in [-0.15, -0.1) is 0 Å². The average Bonchev–Trinajstić information content (AvgIpc) is 2.55. The molecule has 0 aromatic heterocycles. The first-order chi connectivity index (χ1) is 10.1. The van der Waals surface area contributed by atoms with Crippen molar-refractivity contribution in [2.75, 3.05) is 7.11 Å². The summed E-state index contributed by atoms with van der Waals surface area (Å²) >= 11 is 0. The standard InChI is InChI=1S/C17H17NO3/c1-21-17(20)15(18)11-12-7-9-14(10-8-12)16(19)13-5-3-2-4-6-13/h2-10,15H,11,18H2,1H3. The van der Waals surface area contributed by atoms with E-state index in [0.29, 0.717) is 17.5 Å². The van der Waals surface area contributed by atoms with Gasteiger partial charge in [-0.25, -0.2) is 0 Å². The molecule has 2 rings (SSSR count). The molecule has 2 aromatic rings. The molecular formula is C17H17NO3. The number of hydrogen-bond acceptors (Lipinski definition) is 4. The molecule has 2 N–H and O–H groups in total. The molecule has 0 aliphatic heterocycles. The highest BCUT2D eigenvalue weighted by atomic mass is 16.5. The molecule has 0 aliphatic carbocycles. The van der Waals surface area contributed by atoms with Crippen LogP contribution in [0.4, 0.5) is 0 Å². The summed E-state index contributed by atoms with van der Waals surface area (Å²) in [7, 11) is 1.31. The van der Waals surface area contributed by atoms with Crippen molar-refractivity contribution < 1.29 is 14.3 Å². The second kappa shape index (κ2) is 6.81. The number of esters is 1. The predicted octanol–water partition coefficient (Wildman–Crippen LogP) is 1.96. The molecule has 0 saturated heterocycles. The Morgan fingerprint density at radius 3 is 2.14 bits per heavy atom. The molecule has 2 aromatic carbocycles. The van der Waals surface area contributed by atoms with Gasteiger partial charge in [-0.3, -0.25) is 9.59 Å². The summed E-state index contributed by atoms with van der Waals surface area (Å²) in [4.78, 5) is 23.5. The number of ether oxygens (including phenoxy) is 1. The summed E-state index contributed by atoms with van der Waals surface area (Å²) in [5.74, 6) is -0.473. The molecule has 0 spiro atoms. The monoisotopic (exact) mass is 283 g/mol. The first-order valence-electron chi connectivity index (χ1n) is 6.64. The first-order valence-corrected chi connectivity index (χ1v) is 6.64. The Labute approximate surface area is 123 Å². The number of ketones is 1. The normalized spacial score (nSPS) is 11.7. The van der Waals surface area contributed by atoms with Crippen molar-refractivity contribution in [2.24, 2.45) is 5.73 Å². The number of methoxy groups -OCH3 is 1. The highest BCUT2D eigenvalue weighted by molar-refractivity contribution is 6.08. The number of carbonyl (C=O) groups is 2. The lowest BCUT2D eigenvalue weighted by Gasteiger charge is -2.09. The minimum atomic E-state index is -0.689. The smallest absolute Gasteiger partial charge is 0.322 e. The summed E-state index contributed by atoms with van der Waals surface area (Å²) < 4.78 is 4.59. The van der Waals surface area contributed by atoms with Crippen LogP contribution >= 0.6 is 0 Å². The van der Waals surface area contributed by atoms with Crippen LogP contribution in [0.3, 0.4) is 0 Å². The van der Waals surface area contributed by atoms with Crippen molar-refractivity contribution in [3.05, 3.63) is 71.3 Å². The summed E-state index contributed by atoms with van der Waals surface area (Å²) in [6.07, 6.45) is 0.381. The van der Waals surface area contributed by atoms with Crippen molar-refractivity contribution in [2.45, 2.75) is 12.5 Å². The zero-order chi connectivity index (χ0) is 15.2. The molecule has 21 heavy (non-hydrogen) atoms. The summed E-state index contributed by atoms with van der Waals surface area (Å²) in [6.45, 7) is 0. The maximum Gasteiger partial charge on any atom is 0.322 e. The number of hydrogen-bond donors (Lipinski definition) is 1. The first kappa shape index (κ1) is 14.9. The highest BCUT2D eigenvalue weighted by Crippen LogP contribution is 2.12. The van der Waals surface area contributed by atoms with E-state index >= 15 is 0 Å². The van der Waals surface area contributed by atoms with Gasteiger partial charge in [0.1, 0.15) is 6.04 Å². The van der Waals surface area contributed by atoms with E-state index in [1.54, 1.807) is 36.4 Å². The molecule has 0 aliphatic rings. The van der Waals surface area contributed by atoms with E-state index < -0.39 is 12.0 Å². The molecule has 0 bridgehead atoms. The Kier molecular flexibility index (Phi) is 4.85. The van der Waals surface area contributed by atoms with Crippen LogP contribution in [-0.2, 0) is 16.0 Å². The molecule has 1 unspecified atom stereocenters. The van der Waals surface area contributed by atoms with Crippen LogP contribution in [0, 0.1) is 0 Å². The number of benzene rings is 2. The van der Waals surface area contributed by atoms with Gasteiger partial charge in [-0.2, -0.15) is 0 Å². The Balaban J connectivity index is 2.09. The number of nitrogens with two attached hydrogens (primary N) is 1. The van der Waals surface area contributed by atoms with Crippen molar-refractivity contribution in [1.29, 1.82) is 0 Å². The fraction of sp³-hybridized carbons (Fsp3) is 0.176. The van der Waals surface area contributed by atoms with Crippen LogP contribution in [0.25, 0.3) is 0 Å². The molecule has 1 atom stereocenters. The Hall–Kier alpha value is -2.46. The summed E-state index contributed by atoms with van der Waals surface area (Å²) in [6, 6.07) is 15.5. The van der Waals surface area contributed by atoms with E-state index in [0.717, 1.165) is 5.56 Å². The lowest BCUT2D eigenvalue weighted by Crippen LogP contribution is -2.33. The highest BCUT2D eigenvalue weighted by Gasteiger charge is 2.14. The van der Waals surface area contributed by atoms with Gasteiger partial charge in [-0.05, 0) is 12.0 Å². The quantitative estimate of drug-likeness (QED) is 0.672. The van der Waals surface area contributed by atoms with Crippen LogP contribution in [0.2, 0.25) is 0 Å². The van der Waals surface area contributed by atoms with E-state index in [1.165, 1.54) is 7.11 Å². The van der Waals surface area contributed by atoms with Crippen molar-refractivity contribution >= 4 is 11.8 Å². The van der Waals surface area contributed by atoms with Gasteiger partial charge in [0.25, 0.3) is 0 Å². The van der Waals surface area contributed by atoms with Gasteiger partial charge in [0.15, 0.2) is 5.78 Å². The fourth-order valence-corrected chi connectivity index (χ4v) is 2.04. The Morgan fingerprint density at radius 2 is 1.57 bits per heavy atom. The van der Waals surface area contributed by atoms with Gasteiger partial charge >= 0.3 is 5.97 Å². The lowest BCUT2D eigenvalue weighted by molar-refractivity contribution is -0.142. The maximum absolute atomic E-state index is 12.2. The number of rotatable bonds is 5. The Morgan fingerprint density at radius 1 is 1.00 bits per heavy atom. The zero-order valence-corrected chi connectivity index (χ0v) is 11.8. The van der Waals surface area contributed by atoms with Crippen LogP contribution in [0.15, 0.2) is 54.6 Å². The largest absolute Gasteiger partial charge is 0.468 e. The van der Waals surface area contributed by atoms with Gasteiger partial charge in [0.05, 0.1) is 7.11 Å². The van der Waals surface area contributed by atoms with Gasteiger partial charge in [-0.1, -0.05) is 54.6 Å². The van der Waals surface area contributed by atoms with Crippen molar-refractivity contribution in [3.63, 3.8) is 0 Å². The third-order valence-electron chi connectivity index (χ3n) is 3.21. The summed E-state index contributed by atoms with van der Waals surface area (Å²) in [5.41, 5.74) is 7.85. The minimum Gasteiger partial charge on any atom is -0.468 e. The van der Waals surface area contributed by atoms with Gasteiger partial charge < -0.3 is 10.5 Å². The van der Waals surface area contributed by atoms with E-state index in [-0.39, 0.29) is 5.78 Å². The third kappa shape index (κ3) is 3.77. The molecular weight excluding hydrogens is 266 g/mol. The molecule has 4 nitrogen and oxygen atoms in total. The van der Waals surface area contributed by atoms with E-state index in [9.17, 15) is 9.59 Å². The molecule has 0 radical (unpaired) electrons. The number of carbonyl (C=O) groups excluding carboxylic acids is 2. The molecule has 0 amide bonds. The lowest BCUT2D eigenvalue weighted by atomic mass is 10.00. The zero-order valence-electron chi connectivity index (χ0n) is 11.8. The molecule has 4 heteroatoms. The molecule has 108 valence electrons. The van der Waals surface area contributed by atoms with Gasteiger partial charge in [0, 0.05) is 11.1 Å². The fourth-order valence-electron chi connectivity index (χ4n) is 2.04. The predicted molar refractivity (Wildman–Crippen MR) is 80.0 cm³/mol. The van der Waals surface area contributed by atoms with E-state index in [1.807, 2.05) is 18.2 Å². The van der Waals surface area contributed by atoms with Crippen LogP contribution in [0.1, 0.15) is 21.5 Å². The summed E-state index contributed by atoms with van der Waals surface area (Å²) in [5, 5.41) is 0. The van der Waals surface area contributed by atoms with E-state index in [4.69, 9.17) is 5.73 Å². The van der Waals surface area contributed by atoms with Crippen LogP contribution < -0.4 is 5.73 Å². The molecule has 0 heterocycles. The molecule has 0 saturated carbocycles. The topological polar surface area (TPSA) is 69.4 Å². The average molecular weight is 283 g/mol. The van der Waals surface area contributed by atoms with Crippen LogP contribution in [0.5, 0.6) is 0 Å². The van der Waals surface area contributed by atoms with Crippen molar-refractivity contribution in [1.82, 2.24) is 0 Å². The van der Waals surface area contributed by atoms with Crippen molar-refractivity contribution in [3.8, 4) is 0 Å². The molecule has 0 fully saturated rings. The SMILES string of the molecule is COC(=O)C(N)Cc1ccc(C(=O)c2ccccc2)cc1. The third-order valence-corrected chi connectivity index (χ3v) is 3.21. The second-order valence-corrected chi connectivity index (χ2v) is 4.73. The Bertz CT molecular complexity index is 620. The van der Waals surface area contributed by atoms with Gasteiger partial charge in [0.2, 0.25) is 0 Å². The van der Waals surface area contributed by atoms with E-state index in [2.05, 4.69) is 4.74 Å².